The topological polar surface area (TPSA) is 73.2 Å². The first-order valence-corrected chi connectivity index (χ1v) is 12.5. The number of methoxy groups -OCH3 is 1. The Labute approximate surface area is 204 Å². The molecule has 4 rings (SSSR count). The molecule has 2 heterocycles. The van der Waals surface area contributed by atoms with Gasteiger partial charge in [0.1, 0.15) is 10.4 Å². The SMILES string of the molecule is COc1ccc(Cn2c(SCC(=O)NCCc3ccc(Cl)cc3)nc3ccsc3c2=O)cc1. The zero-order valence-corrected chi connectivity index (χ0v) is 20.3. The molecule has 0 radical (unpaired) electrons. The Morgan fingerprint density at radius 2 is 1.85 bits per heavy atom. The Morgan fingerprint density at radius 1 is 1.12 bits per heavy atom. The molecule has 0 spiro atoms. The van der Waals surface area contributed by atoms with Gasteiger partial charge in [-0.25, -0.2) is 4.98 Å². The number of amides is 1. The lowest BCUT2D eigenvalue weighted by molar-refractivity contribution is -0.118. The summed E-state index contributed by atoms with van der Waals surface area (Å²) in [6.07, 6.45) is 0.717. The Hall–Kier alpha value is -2.81. The molecule has 2 aromatic carbocycles. The standard InChI is InChI=1S/C24H22ClN3O3S2/c1-31-19-8-4-17(5-9-19)14-28-23(30)22-20(11-13-32-22)27-24(28)33-15-21(29)26-12-10-16-2-6-18(25)7-3-16/h2-9,11,13H,10,12,14-15H2,1H3,(H,26,29). The molecule has 170 valence electrons. The van der Waals surface area contributed by atoms with Crippen LogP contribution in [0.4, 0.5) is 0 Å². The van der Waals surface area contributed by atoms with Gasteiger partial charge in [0.05, 0.1) is 24.9 Å². The molecule has 2 aromatic heterocycles. The van der Waals surface area contributed by atoms with Gasteiger partial charge in [0.15, 0.2) is 5.16 Å². The lowest BCUT2D eigenvalue weighted by Gasteiger charge is -2.12. The number of carbonyl (C=O) groups is 1. The summed E-state index contributed by atoms with van der Waals surface area (Å²) in [5.41, 5.74) is 2.60. The van der Waals surface area contributed by atoms with Crippen LogP contribution in [0.1, 0.15) is 11.1 Å². The summed E-state index contributed by atoms with van der Waals surface area (Å²) in [6, 6.07) is 16.9. The fourth-order valence-corrected chi connectivity index (χ4v) is 5.00. The molecule has 1 N–H and O–H groups in total. The summed E-state index contributed by atoms with van der Waals surface area (Å²) in [5.74, 6) is 0.818. The van der Waals surface area contributed by atoms with E-state index in [-0.39, 0.29) is 17.2 Å². The van der Waals surface area contributed by atoms with Gasteiger partial charge in [-0.3, -0.25) is 14.2 Å². The molecule has 0 bridgehead atoms. The number of nitrogens with one attached hydrogen (secondary N) is 1. The molecule has 0 saturated carbocycles. The Morgan fingerprint density at radius 3 is 2.58 bits per heavy atom. The van der Waals surface area contributed by atoms with Crippen LogP contribution in [0.15, 0.2) is 69.9 Å². The van der Waals surface area contributed by atoms with Crippen molar-refractivity contribution in [1.29, 1.82) is 0 Å². The summed E-state index contributed by atoms with van der Waals surface area (Å²) in [5, 5.41) is 5.99. The third kappa shape index (κ3) is 5.96. The lowest BCUT2D eigenvalue weighted by Crippen LogP contribution is -2.28. The molecule has 33 heavy (non-hydrogen) atoms. The summed E-state index contributed by atoms with van der Waals surface area (Å²) in [6.45, 7) is 0.890. The first-order valence-electron chi connectivity index (χ1n) is 10.3. The molecule has 0 aliphatic carbocycles. The number of benzene rings is 2. The first kappa shape index (κ1) is 23.4. The van der Waals surface area contributed by atoms with Crippen molar-refractivity contribution < 1.29 is 9.53 Å². The average molecular weight is 500 g/mol. The maximum Gasteiger partial charge on any atom is 0.272 e. The van der Waals surface area contributed by atoms with Crippen LogP contribution < -0.4 is 15.6 Å². The van der Waals surface area contributed by atoms with Crippen LogP contribution in [0.5, 0.6) is 5.75 Å². The fourth-order valence-electron chi connectivity index (χ4n) is 3.27. The molecule has 1 amide bonds. The van der Waals surface area contributed by atoms with Gasteiger partial charge in [0.25, 0.3) is 5.56 Å². The molecular weight excluding hydrogens is 478 g/mol. The van der Waals surface area contributed by atoms with Crippen molar-refractivity contribution in [3.63, 3.8) is 0 Å². The maximum atomic E-state index is 13.1. The number of carbonyl (C=O) groups excluding carboxylic acids is 1. The van der Waals surface area contributed by atoms with Gasteiger partial charge in [-0.15, -0.1) is 11.3 Å². The van der Waals surface area contributed by atoms with E-state index in [1.807, 2.05) is 60.0 Å². The number of hydrogen-bond acceptors (Lipinski definition) is 6. The average Bonchev–Trinajstić information content (AvgIpc) is 3.30. The van der Waals surface area contributed by atoms with Crippen LogP contribution in [0.2, 0.25) is 5.02 Å². The molecule has 9 heteroatoms. The number of nitrogens with zero attached hydrogens (tertiary/aromatic N) is 2. The van der Waals surface area contributed by atoms with E-state index in [2.05, 4.69) is 10.3 Å². The quantitative estimate of drug-likeness (QED) is 0.269. The smallest absolute Gasteiger partial charge is 0.272 e. The van der Waals surface area contributed by atoms with E-state index >= 15 is 0 Å². The lowest BCUT2D eigenvalue weighted by atomic mass is 10.1. The Balaban J connectivity index is 1.44. The van der Waals surface area contributed by atoms with E-state index in [9.17, 15) is 9.59 Å². The minimum atomic E-state index is -0.107. The second kappa shape index (κ2) is 10.9. The fraction of sp³-hybridized carbons (Fsp3) is 0.208. The van der Waals surface area contributed by atoms with Gasteiger partial charge in [-0.1, -0.05) is 47.6 Å². The monoisotopic (exact) mass is 499 g/mol. The van der Waals surface area contributed by atoms with E-state index in [1.54, 1.807) is 11.7 Å². The number of halogens is 1. The van der Waals surface area contributed by atoms with Crippen molar-refractivity contribution in [2.75, 3.05) is 19.4 Å². The molecule has 0 saturated heterocycles. The number of aromatic nitrogens is 2. The second-order valence-corrected chi connectivity index (χ2v) is 9.58. The number of hydrogen-bond donors (Lipinski definition) is 1. The number of thiophene rings is 1. The van der Waals surface area contributed by atoms with Crippen LogP contribution in [0.25, 0.3) is 10.2 Å². The Kier molecular flexibility index (Phi) is 7.69. The third-order valence-corrected chi connectivity index (χ3v) is 7.13. The summed E-state index contributed by atoms with van der Waals surface area (Å²) >= 11 is 8.55. The van der Waals surface area contributed by atoms with Gasteiger partial charge < -0.3 is 10.1 Å². The van der Waals surface area contributed by atoms with Crippen molar-refractivity contribution >= 4 is 50.8 Å². The van der Waals surface area contributed by atoms with E-state index < -0.39 is 0 Å². The third-order valence-electron chi connectivity index (χ3n) is 5.01. The van der Waals surface area contributed by atoms with E-state index in [0.29, 0.717) is 33.5 Å². The minimum Gasteiger partial charge on any atom is -0.497 e. The van der Waals surface area contributed by atoms with Crippen molar-refractivity contribution in [2.45, 2.75) is 18.1 Å². The van der Waals surface area contributed by atoms with Crippen LogP contribution in [-0.2, 0) is 17.8 Å². The van der Waals surface area contributed by atoms with E-state index in [1.165, 1.54) is 23.1 Å². The number of thioether (sulfide) groups is 1. The summed E-state index contributed by atoms with van der Waals surface area (Å²) < 4.78 is 7.45. The van der Waals surface area contributed by atoms with Crippen molar-refractivity contribution in [3.05, 3.63) is 86.5 Å². The molecule has 0 fully saturated rings. The predicted molar refractivity (Wildman–Crippen MR) is 135 cm³/mol. The Bertz CT molecular complexity index is 1300. The number of rotatable bonds is 9. The molecule has 0 atom stereocenters. The van der Waals surface area contributed by atoms with Crippen molar-refractivity contribution in [1.82, 2.24) is 14.9 Å². The molecule has 6 nitrogen and oxygen atoms in total. The van der Waals surface area contributed by atoms with Gasteiger partial charge in [0.2, 0.25) is 5.91 Å². The molecular formula is C24H22ClN3O3S2. The summed E-state index contributed by atoms with van der Waals surface area (Å²) in [4.78, 5) is 30.2. The molecule has 4 aromatic rings. The van der Waals surface area contributed by atoms with Crippen LogP contribution in [0.3, 0.4) is 0 Å². The predicted octanol–water partition coefficient (Wildman–Crippen LogP) is 4.62. The number of fused-ring (bicyclic) bond motifs is 1. The van der Waals surface area contributed by atoms with E-state index in [0.717, 1.165) is 23.3 Å². The minimum absolute atomic E-state index is 0.100. The highest BCUT2D eigenvalue weighted by molar-refractivity contribution is 7.99. The highest BCUT2D eigenvalue weighted by Gasteiger charge is 2.15. The first-order chi connectivity index (χ1) is 16.0. The highest BCUT2D eigenvalue weighted by Crippen LogP contribution is 2.22. The van der Waals surface area contributed by atoms with Gasteiger partial charge >= 0.3 is 0 Å². The van der Waals surface area contributed by atoms with Crippen LogP contribution in [0, 0.1) is 0 Å². The van der Waals surface area contributed by atoms with Crippen molar-refractivity contribution in [3.8, 4) is 5.75 Å². The maximum absolute atomic E-state index is 13.1. The van der Waals surface area contributed by atoms with Crippen molar-refractivity contribution in [2.24, 2.45) is 0 Å². The molecule has 0 aliphatic heterocycles. The largest absolute Gasteiger partial charge is 0.497 e. The zero-order chi connectivity index (χ0) is 23.2. The van der Waals surface area contributed by atoms with Crippen LogP contribution in [-0.4, -0.2) is 34.9 Å². The highest BCUT2D eigenvalue weighted by atomic mass is 35.5. The van der Waals surface area contributed by atoms with E-state index in [4.69, 9.17) is 16.3 Å². The molecule has 0 aliphatic rings. The number of ether oxygens (including phenoxy) is 1. The van der Waals surface area contributed by atoms with Crippen LogP contribution >= 0.6 is 34.7 Å². The van der Waals surface area contributed by atoms with Gasteiger partial charge in [-0.2, -0.15) is 0 Å². The zero-order valence-electron chi connectivity index (χ0n) is 17.9. The molecule has 0 unspecified atom stereocenters. The summed E-state index contributed by atoms with van der Waals surface area (Å²) in [7, 11) is 1.61. The van der Waals surface area contributed by atoms with Gasteiger partial charge in [-0.05, 0) is 53.3 Å². The second-order valence-electron chi connectivity index (χ2n) is 7.28. The van der Waals surface area contributed by atoms with Gasteiger partial charge in [0, 0.05) is 11.6 Å². The normalized spacial score (nSPS) is 11.0.